The fraction of sp³-hybridized carbons (Fsp3) is 0.469. The molecule has 1 aliphatic heterocycles. The van der Waals surface area contributed by atoms with Crippen molar-refractivity contribution in [2.45, 2.75) is 96.9 Å². The van der Waals surface area contributed by atoms with E-state index in [1.165, 1.54) is 6.07 Å². The molecule has 1 aromatic heterocycles. The molecular weight excluding hydrogens is 581 g/mol. The minimum absolute atomic E-state index is 0.000488. The van der Waals surface area contributed by atoms with Crippen LogP contribution in [0.4, 0.5) is 23.9 Å². The largest absolute Gasteiger partial charge is 0.486 e. The van der Waals surface area contributed by atoms with Gasteiger partial charge in [0.1, 0.15) is 6.61 Å². The third kappa shape index (κ3) is 8.53. The Kier molecular flexibility index (Phi) is 10.8. The number of amides is 1. The summed E-state index contributed by atoms with van der Waals surface area (Å²) in [6, 6.07) is 12.8. The molecule has 0 bridgehead atoms. The Bertz CT molecular complexity index is 1330. The number of nitrogens with zero attached hydrogens (tertiary/aromatic N) is 4. The number of aromatic nitrogens is 2. The maximum atomic E-state index is 13.6. The highest BCUT2D eigenvalue weighted by molar-refractivity contribution is 6.30. The standard InChI is InChI=1S/C32H38ClF3N4O3/c1-5-26-15-28(16-27(6-2)40(26)31(41)43-21(3)4)39(19-23-12-24(32(34,35)36)14-25(33)13-23)30-37-17-29(18-38-30)42-20-22-10-8-7-9-11-22/h7-14,17-18,21,26-28H,5-6,15-16,19-20H2,1-4H3/t26-,27+,28?. The van der Waals surface area contributed by atoms with E-state index >= 15 is 0 Å². The number of halogens is 4. The molecular formula is C32H38ClF3N4O3. The number of carbonyl (C=O) groups is 1. The predicted molar refractivity (Wildman–Crippen MR) is 160 cm³/mol. The van der Waals surface area contributed by atoms with Crippen molar-refractivity contribution in [3.63, 3.8) is 0 Å². The van der Waals surface area contributed by atoms with Gasteiger partial charge in [0, 0.05) is 29.7 Å². The molecule has 0 radical (unpaired) electrons. The average Bonchev–Trinajstić information content (AvgIpc) is 2.98. The zero-order valence-electron chi connectivity index (χ0n) is 24.9. The number of hydrogen-bond donors (Lipinski definition) is 0. The van der Waals surface area contributed by atoms with Gasteiger partial charge in [-0.3, -0.25) is 0 Å². The second-order valence-electron chi connectivity index (χ2n) is 11.1. The summed E-state index contributed by atoms with van der Waals surface area (Å²) >= 11 is 6.14. The van der Waals surface area contributed by atoms with Crippen LogP contribution >= 0.6 is 11.6 Å². The van der Waals surface area contributed by atoms with Crippen LogP contribution in [0.5, 0.6) is 5.75 Å². The smallest absolute Gasteiger partial charge is 0.416 e. The number of benzene rings is 2. The van der Waals surface area contributed by atoms with Gasteiger partial charge in [-0.25, -0.2) is 14.8 Å². The van der Waals surface area contributed by atoms with Crippen molar-refractivity contribution in [3.8, 4) is 5.75 Å². The van der Waals surface area contributed by atoms with E-state index in [2.05, 4.69) is 9.97 Å². The zero-order valence-corrected chi connectivity index (χ0v) is 25.6. The van der Waals surface area contributed by atoms with Gasteiger partial charge in [-0.15, -0.1) is 0 Å². The van der Waals surface area contributed by atoms with Crippen LogP contribution in [0, 0.1) is 0 Å². The summed E-state index contributed by atoms with van der Waals surface area (Å²) < 4.78 is 52.4. The van der Waals surface area contributed by atoms with E-state index in [1.807, 2.05) is 67.8 Å². The summed E-state index contributed by atoms with van der Waals surface area (Å²) in [7, 11) is 0. The van der Waals surface area contributed by atoms with E-state index in [0.717, 1.165) is 17.7 Å². The van der Waals surface area contributed by atoms with Crippen LogP contribution in [0.2, 0.25) is 5.02 Å². The number of rotatable bonds is 10. The van der Waals surface area contributed by atoms with Gasteiger partial charge in [0.05, 0.1) is 24.1 Å². The van der Waals surface area contributed by atoms with Gasteiger partial charge in [-0.1, -0.05) is 55.8 Å². The molecule has 232 valence electrons. The first-order valence-corrected chi connectivity index (χ1v) is 15.0. The third-order valence-corrected chi connectivity index (χ3v) is 7.78. The normalized spacial score (nSPS) is 18.9. The van der Waals surface area contributed by atoms with Gasteiger partial charge in [0.15, 0.2) is 5.75 Å². The van der Waals surface area contributed by atoms with Crippen molar-refractivity contribution < 1.29 is 27.4 Å². The SMILES string of the molecule is CC[C@@H]1CC(N(Cc2cc(Cl)cc(C(F)(F)F)c2)c2ncc(OCc3ccccc3)cn2)C[C@H](CC)N1C(=O)OC(C)C. The topological polar surface area (TPSA) is 67.8 Å². The van der Waals surface area contributed by atoms with Crippen LogP contribution in [-0.4, -0.2) is 45.2 Å². The number of hydrogen-bond acceptors (Lipinski definition) is 6. The monoisotopic (exact) mass is 618 g/mol. The van der Waals surface area contributed by atoms with Gasteiger partial charge >= 0.3 is 12.3 Å². The van der Waals surface area contributed by atoms with Crippen LogP contribution in [0.15, 0.2) is 60.9 Å². The Balaban J connectivity index is 1.65. The minimum Gasteiger partial charge on any atom is -0.486 e. The van der Waals surface area contributed by atoms with E-state index in [9.17, 15) is 18.0 Å². The van der Waals surface area contributed by atoms with Crippen molar-refractivity contribution in [2.24, 2.45) is 0 Å². The van der Waals surface area contributed by atoms with E-state index < -0.39 is 11.7 Å². The molecule has 3 atom stereocenters. The van der Waals surface area contributed by atoms with Gasteiger partial charge in [-0.05, 0) is 68.9 Å². The molecule has 1 fully saturated rings. The fourth-order valence-electron chi connectivity index (χ4n) is 5.53. The molecule has 0 spiro atoms. The van der Waals surface area contributed by atoms with Crippen molar-refractivity contribution in [3.05, 3.63) is 82.6 Å². The predicted octanol–water partition coefficient (Wildman–Crippen LogP) is 8.30. The highest BCUT2D eigenvalue weighted by Gasteiger charge is 2.41. The van der Waals surface area contributed by atoms with Crippen LogP contribution in [0.1, 0.15) is 70.1 Å². The van der Waals surface area contributed by atoms with E-state index in [1.54, 1.807) is 12.4 Å². The first-order chi connectivity index (χ1) is 20.5. The first-order valence-electron chi connectivity index (χ1n) is 14.6. The summed E-state index contributed by atoms with van der Waals surface area (Å²) in [5.74, 6) is 0.826. The highest BCUT2D eigenvalue weighted by atomic mass is 35.5. The number of likely N-dealkylation sites (tertiary alicyclic amines) is 1. The number of piperidine rings is 1. The van der Waals surface area contributed by atoms with Crippen molar-refractivity contribution in [2.75, 3.05) is 4.90 Å². The minimum atomic E-state index is -4.54. The van der Waals surface area contributed by atoms with Gasteiger partial charge < -0.3 is 19.3 Å². The average molecular weight is 619 g/mol. The molecule has 0 saturated carbocycles. The molecule has 2 aromatic carbocycles. The molecule has 4 rings (SSSR count). The van der Waals surface area contributed by atoms with Gasteiger partial charge in [-0.2, -0.15) is 13.2 Å². The van der Waals surface area contributed by atoms with E-state index in [-0.39, 0.29) is 41.9 Å². The summed E-state index contributed by atoms with van der Waals surface area (Å²) in [6.07, 6.45) is 0.528. The third-order valence-electron chi connectivity index (χ3n) is 7.56. The lowest BCUT2D eigenvalue weighted by Gasteiger charge is -2.47. The highest BCUT2D eigenvalue weighted by Crippen LogP contribution is 2.36. The maximum absolute atomic E-state index is 13.6. The number of carbonyl (C=O) groups excluding carboxylic acids is 1. The molecule has 2 heterocycles. The van der Waals surface area contributed by atoms with Crippen LogP contribution in [-0.2, 0) is 24.1 Å². The molecule has 11 heteroatoms. The summed E-state index contributed by atoms with van der Waals surface area (Å²) in [5, 5.41) is -0.000488. The number of ether oxygens (including phenoxy) is 2. The van der Waals surface area contributed by atoms with Crippen molar-refractivity contribution in [1.29, 1.82) is 0 Å². The Morgan fingerprint density at radius 3 is 2.21 bits per heavy atom. The summed E-state index contributed by atoms with van der Waals surface area (Å²) in [4.78, 5) is 26.0. The molecule has 1 aliphatic rings. The molecule has 0 aliphatic carbocycles. The summed E-state index contributed by atoms with van der Waals surface area (Å²) in [5.41, 5.74) is 0.564. The first kappa shape index (κ1) is 32.4. The van der Waals surface area contributed by atoms with Gasteiger partial charge in [0.25, 0.3) is 0 Å². The molecule has 1 saturated heterocycles. The maximum Gasteiger partial charge on any atom is 0.416 e. The van der Waals surface area contributed by atoms with Crippen molar-refractivity contribution >= 4 is 23.6 Å². The Labute approximate surface area is 256 Å². The van der Waals surface area contributed by atoms with Crippen LogP contribution < -0.4 is 9.64 Å². The quantitative estimate of drug-likeness (QED) is 0.228. The molecule has 1 amide bonds. The zero-order chi connectivity index (χ0) is 31.1. The Morgan fingerprint density at radius 1 is 1.02 bits per heavy atom. The lowest BCUT2D eigenvalue weighted by Crippen LogP contribution is -2.57. The van der Waals surface area contributed by atoms with Crippen LogP contribution in [0.3, 0.4) is 0 Å². The van der Waals surface area contributed by atoms with Crippen molar-refractivity contribution in [1.82, 2.24) is 14.9 Å². The Morgan fingerprint density at radius 2 is 1.65 bits per heavy atom. The van der Waals surface area contributed by atoms with E-state index in [4.69, 9.17) is 21.1 Å². The lowest BCUT2D eigenvalue weighted by atomic mass is 9.87. The summed E-state index contributed by atoms with van der Waals surface area (Å²) in [6.45, 7) is 8.11. The Hall–Kier alpha value is -3.53. The second kappa shape index (κ2) is 14.3. The molecule has 7 nitrogen and oxygen atoms in total. The number of anilines is 1. The molecule has 43 heavy (non-hydrogen) atoms. The molecule has 0 N–H and O–H groups in total. The van der Waals surface area contributed by atoms with E-state index in [0.29, 0.717) is 49.6 Å². The lowest BCUT2D eigenvalue weighted by molar-refractivity contribution is -0.137. The second-order valence-corrected chi connectivity index (χ2v) is 11.5. The van der Waals surface area contributed by atoms with Crippen LogP contribution in [0.25, 0.3) is 0 Å². The number of alkyl halides is 3. The fourth-order valence-corrected chi connectivity index (χ4v) is 5.79. The van der Waals surface area contributed by atoms with Gasteiger partial charge in [0.2, 0.25) is 5.95 Å². The molecule has 3 aromatic rings. The molecule has 1 unspecified atom stereocenters.